The molecule has 1 atom stereocenters. The molecule has 0 radical (unpaired) electrons. The molecule has 5 heteroatoms. The fraction of sp³-hybridized carbons (Fsp3) is 0.500. The van der Waals surface area contributed by atoms with E-state index in [0.29, 0.717) is 24.6 Å². The van der Waals surface area contributed by atoms with E-state index in [1.807, 2.05) is 35.0 Å². The van der Waals surface area contributed by atoms with Crippen LogP contribution in [0.3, 0.4) is 0 Å². The number of nitrogens with zero attached hydrogens (tertiary/aromatic N) is 3. The van der Waals surface area contributed by atoms with E-state index in [1.165, 1.54) is 0 Å². The van der Waals surface area contributed by atoms with E-state index in [0.717, 1.165) is 17.9 Å². The Labute approximate surface area is 130 Å². The van der Waals surface area contributed by atoms with E-state index in [-0.39, 0.29) is 0 Å². The summed E-state index contributed by atoms with van der Waals surface area (Å²) in [6.45, 7) is 5.06. The number of benzene rings is 1. The largest absolute Gasteiger partial charge is 0.385 e. The van der Waals surface area contributed by atoms with Gasteiger partial charge in [-0.2, -0.15) is 5.10 Å². The third-order valence-corrected chi connectivity index (χ3v) is 3.69. The zero-order chi connectivity index (χ0) is 15.3. The molecule has 0 spiro atoms. The average Bonchev–Trinajstić information content (AvgIpc) is 2.86. The van der Waals surface area contributed by atoms with Crippen molar-refractivity contribution in [3.63, 3.8) is 0 Å². The standard InChI is InChI=1S/C16H22ClN3O/c1-13(2)11-20-15(18-12-19-20)10-16(21,8-9-17)14-6-4-3-5-7-14/h3-7,12-13,21H,8-11H2,1-2H3. The lowest BCUT2D eigenvalue weighted by Gasteiger charge is -2.28. The van der Waals surface area contributed by atoms with Crippen LogP contribution in [-0.2, 0) is 18.6 Å². The normalized spacial score (nSPS) is 14.3. The fourth-order valence-electron chi connectivity index (χ4n) is 2.42. The van der Waals surface area contributed by atoms with Crippen molar-refractivity contribution in [3.05, 3.63) is 48.0 Å². The molecule has 0 fully saturated rings. The second-order valence-electron chi connectivity index (χ2n) is 5.77. The summed E-state index contributed by atoms with van der Waals surface area (Å²) in [5.41, 5.74) is -0.144. The Bertz CT molecular complexity index is 556. The summed E-state index contributed by atoms with van der Waals surface area (Å²) in [5, 5.41) is 15.3. The van der Waals surface area contributed by atoms with Crippen molar-refractivity contribution in [1.82, 2.24) is 14.8 Å². The number of hydrogen-bond acceptors (Lipinski definition) is 3. The maximum absolute atomic E-state index is 11.0. The molecule has 0 saturated heterocycles. The Morgan fingerprint density at radius 1 is 1.29 bits per heavy atom. The summed E-state index contributed by atoms with van der Waals surface area (Å²) in [6, 6.07) is 9.64. The van der Waals surface area contributed by atoms with Crippen molar-refractivity contribution in [2.45, 2.75) is 38.8 Å². The van der Waals surface area contributed by atoms with E-state index in [1.54, 1.807) is 6.33 Å². The Hall–Kier alpha value is -1.39. The predicted octanol–water partition coefficient (Wildman–Crippen LogP) is 2.99. The highest BCUT2D eigenvalue weighted by molar-refractivity contribution is 6.17. The van der Waals surface area contributed by atoms with Crippen LogP contribution in [0.25, 0.3) is 0 Å². The van der Waals surface area contributed by atoms with E-state index in [4.69, 9.17) is 11.6 Å². The van der Waals surface area contributed by atoms with Gasteiger partial charge in [0.05, 0.1) is 5.60 Å². The first kappa shape index (κ1) is 16.0. The Morgan fingerprint density at radius 3 is 2.62 bits per heavy atom. The molecular formula is C16H22ClN3O. The number of alkyl halides is 1. The van der Waals surface area contributed by atoms with Gasteiger partial charge in [0, 0.05) is 18.8 Å². The molecule has 1 N–H and O–H groups in total. The van der Waals surface area contributed by atoms with Crippen LogP contribution in [0.2, 0.25) is 0 Å². The lowest BCUT2D eigenvalue weighted by Crippen LogP contribution is -2.31. The molecule has 0 saturated carbocycles. The van der Waals surface area contributed by atoms with Gasteiger partial charge >= 0.3 is 0 Å². The number of halogens is 1. The van der Waals surface area contributed by atoms with Crippen LogP contribution in [0.15, 0.2) is 36.7 Å². The minimum absolute atomic E-state index is 0.393. The van der Waals surface area contributed by atoms with Gasteiger partial charge in [-0.25, -0.2) is 9.67 Å². The first-order valence-corrected chi connectivity index (χ1v) is 7.79. The monoisotopic (exact) mass is 307 g/mol. The predicted molar refractivity (Wildman–Crippen MR) is 84.2 cm³/mol. The molecule has 0 bridgehead atoms. The fourth-order valence-corrected chi connectivity index (χ4v) is 2.74. The Balaban J connectivity index is 2.26. The number of aromatic nitrogens is 3. The molecule has 21 heavy (non-hydrogen) atoms. The van der Waals surface area contributed by atoms with Crippen LogP contribution < -0.4 is 0 Å². The zero-order valence-corrected chi connectivity index (χ0v) is 13.3. The van der Waals surface area contributed by atoms with Gasteiger partial charge in [0.1, 0.15) is 12.2 Å². The minimum atomic E-state index is -1.01. The number of rotatable bonds is 7. The molecule has 1 unspecified atom stereocenters. The van der Waals surface area contributed by atoms with Crippen LogP contribution in [0, 0.1) is 5.92 Å². The summed E-state index contributed by atoms with van der Waals surface area (Å²) in [5.74, 6) is 1.66. The van der Waals surface area contributed by atoms with Gasteiger partial charge in [0.2, 0.25) is 0 Å². The topological polar surface area (TPSA) is 50.9 Å². The first-order chi connectivity index (χ1) is 10.0. The van der Waals surface area contributed by atoms with Gasteiger partial charge in [-0.1, -0.05) is 44.2 Å². The molecule has 4 nitrogen and oxygen atoms in total. The van der Waals surface area contributed by atoms with Crippen LogP contribution in [-0.4, -0.2) is 25.8 Å². The maximum atomic E-state index is 11.0. The van der Waals surface area contributed by atoms with Crippen molar-refractivity contribution in [2.24, 2.45) is 5.92 Å². The second-order valence-corrected chi connectivity index (χ2v) is 6.14. The van der Waals surface area contributed by atoms with E-state index < -0.39 is 5.60 Å². The lowest BCUT2D eigenvalue weighted by molar-refractivity contribution is 0.0303. The first-order valence-electron chi connectivity index (χ1n) is 7.25. The lowest BCUT2D eigenvalue weighted by atomic mass is 9.87. The van der Waals surface area contributed by atoms with Crippen LogP contribution in [0.5, 0.6) is 0 Å². The van der Waals surface area contributed by atoms with Gasteiger partial charge in [0.15, 0.2) is 0 Å². The summed E-state index contributed by atoms with van der Waals surface area (Å²) < 4.78 is 1.87. The van der Waals surface area contributed by atoms with E-state index in [9.17, 15) is 5.11 Å². The van der Waals surface area contributed by atoms with Crippen molar-refractivity contribution in [1.29, 1.82) is 0 Å². The molecule has 0 aliphatic heterocycles. The highest BCUT2D eigenvalue weighted by Gasteiger charge is 2.31. The molecule has 0 aliphatic carbocycles. The second kappa shape index (κ2) is 7.05. The molecule has 0 aliphatic rings. The van der Waals surface area contributed by atoms with Crippen molar-refractivity contribution in [2.75, 3.05) is 5.88 Å². The van der Waals surface area contributed by atoms with Crippen LogP contribution in [0.1, 0.15) is 31.7 Å². The molecule has 1 heterocycles. The Morgan fingerprint density at radius 2 is 2.00 bits per heavy atom. The zero-order valence-electron chi connectivity index (χ0n) is 12.5. The minimum Gasteiger partial charge on any atom is -0.385 e. The summed E-state index contributed by atoms with van der Waals surface area (Å²) in [6.07, 6.45) is 2.44. The number of aliphatic hydroxyl groups is 1. The quantitative estimate of drug-likeness (QED) is 0.800. The number of hydrogen-bond donors (Lipinski definition) is 1. The van der Waals surface area contributed by atoms with E-state index >= 15 is 0 Å². The van der Waals surface area contributed by atoms with Gasteiger partial charge < -0.3 is 5.11 Å². The summed E-state index contributed by atoms with van der Waals surface area (Å²) in [7, 11) is 0. The Kier molecular flexibility index (Phi) is 5.37. The third kappa shape index (κ3) is 4.05. The van der Waals surface area contributed by atoms with Gasteiger partial charge in [-0.15, -0.1) is 11.6 Å². The summed E-state index contributed by atoms with van der Waals surface area (Å²) >= 11 is 5.90. The molecule has 2 aromatic rings. The van der Waals surface area contributed by atoms with Crippen LogP contribution in [0.4, 0.5) is 0 Å². The highest BCUT2D eigenvalue weighted by Crippen LogP contribution is 2.29. The SMILES string of the molecule is CC(C)Cn1ncnc1CC(O)(CCCl)c1ccccc1. The third-order valence-electron chi connectivity index (χ3n) is 3.50. The van der Waals surface area contributed by atoms with Gasteiger partial charge in [-0.05, 0) is 17.9 Å². The maximum Gasteiger partial charge on any atom is 0.138 e. The average molecular weight is 308 g/mol. The van der Waals surface area contributed by atoms with Crippen molar-refractivity contribution >= 4 is 11.6 Å². The molecule has 1 aromatic heterocycles. The van der Waals surface area contributed by atoms with Crippen molar-refractivity contribution in [3.8, 4) is 0 Å². The molecule has 114 valence electrons. The molecule has 0 amide bonds. The smallest absolute Gasteiger partial charge is 0.138 e. The van der Waals surface area contributed by atoms with E-state index in [2.05, 4.69) is 23.9 Å². The molecular weight excluding hydrogens is 286 g/mol. The van der Waals surface area contributed by atoms with Gasteiger partial charge in [0.25, 0.3) is 0 Å². The molecule has 1 aromatic carbocycles. The highest BCUT2D eigenvalue weighted by atomic mass is 35.5. The molecule has 2 rings (SSSR count). The van der Waals surface area contributed by atoms with Crippen molar-refractivity contribution < 1.29 is 5.11 Å². The van der Waals surface area contributed by atoms with Crippen LogP contribution >= 0.6 is 11.6 Å². The van der Waals surface area contributed by atoms with Gasteiger partial charge in [-0.3, -0.25) is 0 Å². The summed E-state index contributed by atoms with van der Waals surface area (Å²) in [4.78, 5) is 4.31.